The molecule has 0 fully saturated rings. The van der Waals surface area contributed by atoms with Gasteiger partial charge in [-0.1, -0.05) is 5.16 Å². The maximum Gasteiger partial charge on any atom is 0.234 e. The number of aromatic nitrogens is 1. The Kier molecular flexibility index (Phi) is 2.54. The highest BCUT2D eigenvalue weighted by Crippen LogP contribution is 2.34. The molecule has 1 N–H and O–H groups in total. The summed E-state index contributed by atoms with van der Waals surface area (Å²) < 4.78 is 5.07. The quantitative estimate of drug-likeness (QED) is 0.847. The Morgan fingerprint density at radius 3 is 3.11 bits per heavy atom. The van der Waals surface area contributed by atoms with Crippen LogP contribution in [-0.4, -0.2) is 16.8 Å². The molecular formula is C12H7N3O2S. The van der Waals surface area contributed by atoms with E-state index in [4.69, 9.17) is 9.78 Å². The number of thioether (sulfide) groups is 1. The maximum absolute atomic E-state index is 11.3. The van der Waals surface area contributed by atoms with E-state index in [-0.39, 0.29) is 11.6 Å². The van der Waals surface area contributed by atoms with Gasteiger partial charge in [-0.25, -0.2) is 0 Å². The minimum absolute atomic E-state index is 0.0140. The van der Waals surface area contributed by atoms with E-state index < -0.39 is 0 Å². The van der Waals surface area contributed by atoms with E-state index in [2.05, 4.69) is 10.5 Å². The first-order valence-electron chi connectivity index (χ1n) is 5.20. The molecule has 0 saturated heterocycles. The maximum atomic E-state index is 11.3. The van der Waals surface area contributed by atoms with E-state index in [0.29, 0.717) is 11.5 Å². The Labute approximate surface area is 107 Å². The third kappa shape index (κ3) is 1.85. The Morgan fingerprint density at radius 1 is 1.44 bits per heavy atom. The van der Waals surface area contributed by atoms with Crippen molar-refractivity contribution in [3.8, 4) is 17.4 Å². The van der Waals surface area contributed by atoms with Crippen molar-refractivity contribution in [3.05, 3.63) is 30.0 Å². The highest BCUT2D eigenvalue weighted by Gasteiger charge is 2.16. The lowest BCUT2D eigenvalue weighted by molar-refractivity contribution is -0.113. The molecule has 1 aliphatic heterocycles. The van der Waals surface area contributed by atoms with Gasteiger partial charge in [-0.2, -0.15) is 5.26 Å². The number of fused-ring (bicyclic) bond motifs is 1. The van der Waals surface area contributed by atoms with Crippen LogP contribution in [0.25, 0.3) is 11.3 Å². The summed E-state index contributed by atoms with van der Waals surface area (Å²) in [5.41, 5.74) is 1.79. The van der Waals surface area contributed by atoms with E-state index in [1.165, 1.54) is 11.8 Å². The number of rotatable bonds is 1. The fourth-order valence-electron chi connectivity index (χ4n) is 1.70. The lowest BCUT2D eigenvalue weighted by atomic mass is 10.1. The molecule has 0 aliphatic carbocycles. The molecule has 0 atom stereocenters. The predicted molar refractivity (Wildman–Crippen MR) is 66.0 cm³/mol. The lowest BCUT2D eigenvalue weighted by Crippen LogP contribution is -2.18. The zero-order chi connectivity index (χ0) is 12.5. The zero-order valence-corrected chi connectivity index (χ0v) is 9.95. The molecule has 3 rings (SSSR count). The van der Waals surface area contributed by atoms with Gasteiger partial charge in [0.1, 0.15) is 6.07 Å². The van der Waals surface area contributed by atoms with Crippen molar-refractivity contribution in [2.75, 3.05) is 11.1 Å². The second-order valence-corrected chi connectivity index (χ2v) is 4.75. The summed E-state index contributed by atoms with van der Waals surface area (Å²) in [5.74, 6) is 0.937. The van der Waals surface area contributed by atoms with Crippen LogP contribution < -0.4 is 5.32 Å². The van der Waals surface area contributed by atoms with E-state index in [1.54, 1.807) is 6.07 Å². The van der Waals surface area contributed by atoms with E-state index >= 15 is 0 Å². The molecule has 0 saturated carbocycles. The Morgan fingerprint density at radius 2 is 2.33 bits per heavy atom. The van der Waals surface area contributed by atoms with Crippen molar-refractivity contribution in [1.82, 2.24) is 5.16 Å². The summed E-state index contributed by atoms with van der Waals surface area (Å²) in [4.78, 5) is 12.3. The summed E-state index contributed by atoms with van der Waals surface area (Å²) in [6, 6.07) is 9.10. The van der Waals surface area contributed by atoms with Crippen molar-refractivity contribution >= 4 is 23.4 Å². The highest BCUT2D eigenvalue weighted by atomic mass is 32.2. The number of hydrogen-bond acceptors (Lipinski definition) is 5. The van der Waals surface area contributed by atoms with Crippen LogP contribution in [-0.2, 0) is 4.79 Å². The number of anilines is 1. The van der Waals surface area contributed by atoms with Gasteiger partial charge in [0.05, 0.1) is 11.4 Å². The van der Waals surface area contributed by atoms with Crippen molar-refractivity contribution in [2.24, 2.45) is 0 Å². The number of nitrogens with zero attached hydrogens (tertiary/aromatic N) is 2. The average Bonchev–Trinajstić information content (AvgIpc) is 2.86. The van der Waals surface area contributed by atoms with Gasteiger partial charge in [-0.3, -0.25) is 4.79 Å². The summed E-state index contributed by atoms with van der Waals surface area (Å²) >= 11 is 1.50. The molecule has 5 nitrogen and oxygen atoms in total. The van der Waals surface area contributed by atoms with Gasteiger partial charge in [0, 0.05) is 16.5 Å². The molecule has 1 aromatic heterocycles. The standard InChI is InChI=1S/C12H7N3O2S/c13-5-8-4-10(17-15-8)7-1-2-11-9(3-7)14-12(16)6-18-11/h1-4H,6H2,(H,14,16). The van der Waals surface area contributed by atoms with Crippen LogP contribution in [0.2, 0.25) is 0 Å². The van der Waals surface area contributed by atoms with Crippen LogP contribution in [0.1, 0.15) is 5.69 Å². The first-order chi connectivity index (χ1) is 8.76. The Hall–Kier alpha value is -2.26. The van der Waals surface area contributed by atoms with Gasteiger partial charge >= 0.3 is 0 Å². The number of carbonyl (C=O) groups excluding carboxylic acids is 1. The van der Waals surface area contributed by atoms with Crippen LogP contribution in [0.4, 0.5) is 5.69 Å². The van der Waals surface area contributed by atoms with Crippen molar-refractivity contribution in [3.63, 3.8) is 0 Å². The van der Waals surface area contributed by atoms with Crippen LogP contribution in [0.3, 0.4) is 0 Å². The Balaban J connectivity index is 2.01. The number of amides is 1. The van der Waals surface area contributed by atoms with Crippen LogP contribution >= 0.6 is 11.8 Å². The van der Waals surface area contributed by atoms with Gasteiger partial charge < -0.3 is 9.84 Å². The number of carbonyl (C=O) groups is 1. The minimum Gasteiger partial charge on any atom is -0.355 e. The molecule has 2 heterocycles. The first-order valence-corrected chi connectivity index (χ1v) is 6.19. The topological polar surface area (TPSA) is 78.9 Å². The van der Waals surface area contributed by atoms with Crippen LogP contribution in [0.5, 0.6) is 0 Å². The van der Waals surface area contributed by atoms with Gasteiger partial charge in [0.25, 0.3) is 0 Å². The molecule has 1 amide bonds. The molecule has 6 heteroatoms. The number of hydrogen-bond donors (Lipinski definition) is 1. The molecule has 1 aromatic carbocycles. The minimum atomic E-state index is -0.0140. The average molecular weight is 257 g/mol. The number of nitrogens with one attached hydrogen (secondary N) is 1. The van der Waals surface area contributed by atoms with E-state index in [1.807, 2.05) is 24.3 Å². The normalized spacial score (nSPS) is 13.6. The van der Waals surface area contributed by atoms with Crippen LogP contribution in [0, 0.1) is 11.3 Å². The van der Waals surface area contributed by atoms with Crippen molar-refractivity contribution < 1.29 is 9.32 Å². The van der Waals surface area contributed by atoms with Gasteiger partial charge in [-0.05, 0) is 18.2 Å². The predicted octanol–water partition coefficient (Wildman–Crippen LogP) is 2.26. The molecule has 1 aliphatic rings. The van der Waals surface area contributed by atoms with Gasteiger partial charge in [-0.15, -0.1) is 11.8 Å². The van der Waals surface area contributed by atoms with Crippen molar-refractivity contribution in [1.29, 1.82) is 5.26 Å². The summed E-state index contributed by atoms with van der Waals surface area (Å²) in [7, 11) is 0. The zero-order valence-electron chi connectivity index (χ0n) is 9.14. The second-order valence-electron chi connectivity index (χ2n) is 3.74. The van der Waals surface area contributed by atoms with Crippen LogP contribution in [0.15, 0.2) is 33.7 Å². The molecule has 0 unspecified atom stereocenters. The van der Waals surface area contributed by atoms with Gasteiger partial charge in [0.2, 0.25) is 5.91 Å². The third-order valence-corrected chi connectivity index (χ3v) is 3.60. The Bertz CT molecular complexity index is 672. The molecule has 0 bridgehead atoms. The molecular weight excluding hydrogens is 250 g/mol. The monoisotopic (exact) mass is 257 g/mol. The van der Waals surface area contributed by atoms with Gasteiger partial charge in [0.15, 0.2) is 11.5 Å². The summed E-state index contributed by atoms with van der Waals surface area (Å²) in [5, 5.41) is 15.1. The molecule has 18 heavy (non-hydrogen) atoms. The first kappa shape index (κ1) is 10.9. The third-order valence-electron chi connectivity index (χ3n) is 2.52. The second kappa shape index (κ2) is 4.20. The molecule has 0 radical (unpaired) electrons. The highest BCUT2D eigenvalue weighted by molar-refractivity contribution is 8.00. The largest absolute Gasteiger partial charge is 0.355 e. The van der Waals surface area contributed by atoms with E-state index in [0.717, 1.165) is 16.1 Å². The molecule has 2 aromatic rings. The summed E-state index contributed by atoms with van der Waals surface area (Å²) in [6.45, 7) is 0. The van der Waals surface area contributed by atoms with Crippen molar-refractivity contribution in [2.45, 2.75) is 4.90 Å². The number of benzene rings is 1. The smallest absolute Gasteiger partial charge is 0.234 e. The van der Waals surface area contributed by atoms with E-state index in [9.17, 15) is 4.79 Å². The number of nitriles is 1. The molecule has 0 spiro atoms. The molecule has 88 valence electrons. The SMILES string of the molecule is N#Cc1cc(-c2ccc3c(c2)NC(=O)CS3)on1. The fraction of sp³-hybridized carbons (Fsp3) is 0.0833. The fourth-order valence-corrected chi connectivity index (χ4v) is 2.49. The lowest BCUT2D eigenvalue weighted by Gasteiger charge is -2.16. The summed E-state index contributed by atoms with van der Waals surface area (Å²) in [6.07, 6.45) is 0.